The van der Waals surface area contributed by atoms with E-state index in [1.807, 2.05) is 0 Å². The molecule has 0 bridgehead atoms. The van der Waals surface area contributed by atoms with Crippen molar-refractivity contribution in [3.05, 3.63) is 51.9 Å². The lowest BCUT2D eigenvalue weighted by Gasteiger charge is -2.39. The Morgan fingerprint density at radius 3 is 2.61 bits per heavy atom. The van der Waals surface area contributed by atoms with Crippen LogP contribution in [0.1, 0.15) is 28.9 Å². The Hall–Kier alpha value is -3.86. The Kier molecular flexibility index (Phi) is 4.85. The van der Waals surface area contributed by atoms with Crippen molar-refractivity contribution >= 4 is 33.8 Å². The van der Waals surface area contributed by atoms with Gasteiger partial charge in [-0.15, -0.1) is 0 Å². The number of alkyl halides is 2. The zero-order valence-electron chi connectivity index (χ0n) is 17.1. The topological polar surface area (TPSA) is 114 Å². The van der Waals surface area contributed by atoms with Gasteiger partial charge in [0.1, 0.15) is 29.2 Å². The van der Waals surface area contributed by atoms with Crippen molar-refractivity contribution in [2.45, 2.75) is 19.5 Å². The first-order valence-corrected chi connectivity index (χ1v) is 10.2. The largest absolute Gasteiger partial charge is 0.389 e. The lowest BCUT2D eigenvalue weighted by atomic mass is 9.99. The third-order valence-electron chi connectivity index (χ3n) is 5.63. The third-order valence-corrected chi connectivity index (χ3v) is 5.87. The minimum Gasteiger partial charge on any atom is -0.389 e. The molecule has 1 saturated heterocycles. The highest BCUT2D eigenvalue weighted by atomic mass is 35.5. The molecule has 1 aliphatic rings. The van der Waals surface area contributed by atoms with E-state index >= 15 is 0 Å². The van der Waals surface area contributed by atoms with Crippen molar-refractivity contribution in [1.82, 2.24) is 19.6 Å². The first-order valence-electron chi connectivity index (χ1n) is 9.87. The number of halogens is 3. The SMILES string of the molecule is Cc1nc2c(C#N)c(C(F)F)nn2c(N2CC(O)C2)c1-c1ncc(C#N)c2cc(Cl)ccc12. The summed E-state index contributed by atoms with van der Waals surface area (Å²) in [4.78, 5) is 10.7. The van der Waals surface area contributed by atoms with E-state index in [-0.39, 0.29) is 24.3 Å². The standard InChI is InChI=1S/C22H14ClF2N7O/c1-10-17(18-14-3-2-12(23)4-15(14)11(5-26)7-28-18)22(31-8-13(33)9-31)32-21(29-10)16(6-27)19(30-32)20(24)25/h2-4,7,13,20,33H,8-9H2,1H3. The molecule has 8 nitrogen and oxygen atoms in total. The molecular weight excluding hydrogens is 452 g/mol. The number of nitrogens with zero attached hydrogens (tertiary/aromatic N) is 7. The number of hydrogen-bond acceptors (Lipinski definition) is 7. The highest BCUT2D eigenvalue weighted by Crippen LogP contribution is 2.40. The predicted octanol–water partition coefficient (Wildman–Crippen LogP) is 3.77. The van der Waals surface area contributed by atoms with Crippen LogP contribution in [0.2, 0.25) is 5.02 Å². The molecule has 1 aliphatic heterocycles. The first kappa shape index (κ1) is 21.0. The van der Waals surface area contributed by atoms with Gasteiger partial charge in [-0.1, -0.05) is 17.7 Å². The van der Waals surface area contributed by atoms with Crippen LogP contribution in [0.15, 0.2) is 24.4 Å². The summed E-state index contributed by atoms with van der Waals surface area (Å²) in [7, 11) is 0. The molecule has 3 aromatic heterocycles. The lowest BCUT2D eigenvalue weighted by Crippen LogP contribution is -2.52. The van der Waals surface area contributed by atoms with Crippen LogP contribution in [-0.2, 0) is 0 Å². The van der Waals surface area contributed by atoms with E-state index in [1.165, 1.54) is 10.7 Å². The van der Waals surface area contributed by atoms with Crippen LogP contribution in [-0.4, -0.2) is 43.9 Å². The van der Waals surface area contributed by atoms with E-state index in [9.17, 15) is 24.4 Å². The molecule has 0 aliphatic carbocycles. The molecule has 0 amide bonds. The molecule has 4 heterocycles. The summed E-state index contributed by atoms with van der Waals surface area (Å²) in [6.07, 6.45) is -2.14. The van der Waals surface area contributed by atoms with E-state index in [1.54, 1.807) is 36.1 Å². The highest BCUT2D eigenvalue weighted by Gasteiger charge is 2.34. The molecule has 11 heteroatoms. The van der Waals surface area contributed by atoms with Gasteiger partial charge in [0.25, 0.3) is 6.43 Å². The summed E-state index contributed by atoms with van der Waals surface area (Å²) in [6.45, 7) is 2.18. The van der Waals surface area contributed by atoms with Gasteiger partial charge in [0.2, 0.25) is 0 Å². The number of fused-ring (bicyclic) bond motifs is 2. The molecule has 164 valence electrons. The van der Waals surface area contributed by atoms with Crippen LogP contribution in [0.5, 0.6) is 0 Å². The van der Waals surface area contributed by atoms with Gasteiger partial charge in [0.15, 0.2) is 5.65 Å². The molecule has 0 saturated carbocycles. The minimum absolute atomic E-state index is 0.00596. The number of aliphatic hydroxyl groups excluding tert-OH is 1. The van der Waals surface area contributed by atoms with Crippen LogP contribution < -0.4 is 4.90 Å². The highest BCUT2D eigenvalue weighted by molar-refractivity contribution is 6.31. The maximum Gasteiger partial charge on any atom is 0.283 e. The van der Waals surface area contributed by atoms with Gasteiger partial charge < -0.3 is 10.0 Å². The molecular formula is C22H14ClF2N7O. The molecule has 33 heavy (non-hydrogen) atoms. The van der Waals surface area contributed by atoms with Crippen LogP contribution >= 0.6 is 11.6 Å². The number of β-amino-alcohol motifs (C(OH)–C–C–N with tert-alkyl or cyclic N) is 1. The number of nitriles is 2. The Morgan fingerprint density at radius 1 is 1.21 bits per heavy atom. The summed E-state index contributed by atoms with van der Waals surface area (Å²) >= 11 is 6.16. The molecule has 4 aromatic rings. The number of aliphatic hydroxyl groups is 1. The van der Waals surface area contributed by atoms with E-state index in [2.05, 4.69) is 21.1 Å². The number of aromatic nitrogens is 4. The maximum atomic E-state index is 13.6. The number of rotatable bonds is 3. The van der Waals surface area contributed by atoms with Gasteiger partial charge in [0, 0.05) is 35.1 Å². The number of hydrogen-bond donors (Lipinski definition) is 1. The second-order valence-corrected chi connectivity index (χ2v) is 8.12. The van der Waals surface area contributed by atoms with Gasteiger partial charge in [0.05, 0.1) is 28.6 Å². The second kappa shape index (κ2) is 7.62. The normalized spacial score (nSPS) is 14.0. The number of aryl methyl sites for hydroxylation is 1. The fourth-order valence-electron chi connectivity index (χ4n) is 4.12. The molecule has 5 rings (SSSR count). The van der Waals surface area contributed by atoms with Crippen molar-refractivity contribution in [2.75, 3.05) is 18.0 Å². The molecule has 1 aromatic carbocycles. The maximum absolute atomic E-state index is 13.6. The van der Waals surface area contributed by atoms with Crippen molar-refractivity contribution in [1.29, 1.82) is 10.5 Å². The van der Waals surface area contributed by atoms with Gasteiger partial charge in [-0.05, 0) is 19.1 Å². The molecule has 0 unspecified atom stereocenters. The monoisotopic (exact) mass is 465 g/mol. The lowest BCUT2D eigenvalue weighted by molar-refractivity contribution is 0.140. The fourth-order valence-corrected chi connectivity index (χ4v) is 4.29. The van der Waals surface area contributed by atoms with E-state index in [0.29, 0.717) is 44.1 Å². The average molecular weight is 466 g/mol. The van der Waals surface area contributed by atoms with E-state index in [0.717, 1.165) is 0 Å². The van der Waals surface area contributed by atoms with Crippen molar-refractivity contribution in [3.63, 3.8) is 0 Å². The van der Waals surface area contributed by atoms with Crippen LogP contribution in [0, 0.1) is 29.6 Å². The Balaban J connectivity index is 1.90. The van der Waals surface area contributed by atoms with Crippen LogP contribution in [0.25, 0.3) is 27.7 Å². The fraction of sp³-hybridized carbons (Fsp3) is 0.227. The summed E-state index contributed by atoms with van der Waals surface area (Å²) in [5.41, 5.74) is 0.765. The van der Waals surface area contributed by atoms with Crippen LogP contribution in [0.3, 0.4) is 0 Å². The molecule has 0 spiro atoms. The molecule has 1 fully saturated rings. The van der Waals surface area contributed by atoms with E-state index in [4.69, 9.17) is 11.6 Å². The Labute approximate surface area is 190 Å². The summed E-state index contributed by atoms with van der Waals surface area (Å²) in [5.74, 6) is 0.389. The smallest absolute Gasteiger partial charge is 0.283 e. The van der Waals surface area contributed by atoms with Crippen molar-refractivity contribution < 1.29 is 13.9 Å². The minimum atomic E-state index is -2.96. The summed E-state index contributed by atoms with van der Waals surface area (Å²) in [5, 5.41) is 34.6. The summed E-state index contributed by atoms with van der Waals surface area (Å²) in [6, 6.07) is 8.94. The third kappa shape index (κ3) is 3.15. The second-order valence-electron chi connectivity index (χ2n) is 7.68. The van der Waals surface area contributed by atoms with Gasteiger partial charge in [-0.25, -0.2) is 13.8 Å². The number of pyridine rings is 1. The zero-order chi connectivity index (χ0) is 23.4. The quantitative estimate of drug-likeness (QED) is 0.489. The average Bonchev–Trinajstić information content (AvgIpc) is 3.14. The number of anilines is 1. The van der Waals surface area contributed by atoms with Crippen molar-refractivity contribution in [2.24, 2.45) is 0 Å². The van der Waals surface area contributed by atoms with Crippen molar-refractivity contribution in [3.8, 4) is 23.4 Å². The molecule has 1 N–H and O–H groups in total. The first-order chi connectivity index (χ1) is 15.8. The Morgan fingerprint density at radius 2 is 1.97 bits per heavy atom. The van der Waals surface area contributed by atoms with Gasteiger partial charge in [-0.3, -0.25) is 4.98 Å². The van der Waals surface area contributed by atoms with Crippen LogP contribution in [0.4, 0.5) is 14.6 Å². The molecule has 0 radical (unpaired) electrons. The predicted molar refractivity (Wildman–Crippen MR) is 116 cm³/mol. The van der Waals surface area contributed by atoms with Gasteiger partial charge >= 0.3 is 0 Å². The Bertz CT molecular complexity index is 1530. The summed E-state index contributed by atoms with van der Waals surface area (Å²) < 4.78 is 28.5. The zero-order valence-corrected chi connectivity index (χ0v) is 17.8. The number of benzene rings is 1. The van der Waals surface area contributed by atoms with E-state index < -0.39 is 18.2 Å². The molecule has 0 atom stereocenters. The van der Waals surface area contributed by atoms with Gasteiger partial charge in [-0.2, -0.15) is 20.1 Å².